The summed E-state index contributed by atoms with van der Waals surface area (Å²) in [7, 11) is 0. The number of hydrogen-bond acceptors (Lipinski definition) is 3. The topological polar surface area (TPSA) is 84.2 Å². The molecule has 1 atom stereocenters. The Kier molecular flexibility index (Phi) is 3.00. The van der Waals surface area contributed by atoms with Crippen LogP contribution in [0.25, 0.3) is 0 Å². The van der Waals surface area contributed by atoms with Gasteiger partial charge in [-0.3, -0.25) is 14.9 Å². The fourth-order valence-corrected chi connectivity index (χ4v) is 1.20. The molecule has 0 spiro atoms. The van der Waals surface area contributed by atoms with Gasteiger partial charge in [0.05, 0.1) is 19.1 Å². The average molecular weight is 207 g/mol. The zero-order valence-corrected chi connectivity index (χ0v) is 7.35. The van der Waals surface area contributed by atoms with E-state index in [1.165, 1.54) is 0 Å². The number of carbonyl (C=O) groups excluding carboxylic acids is 2. The van der Waals surface area contributed by atoms with E-state index in [1.807, 2.05) is 0 Å². The smallest absolute Gasteiger partial charge is 0.262 e. The second-order valence-electron chi connectivity index (χ2n) is 3.18. The first-order valence-electron chi connectivity index (χ1n) is 4.08. The van der Waals surface area contributed by atoms with Crippen molar-refractivity contribution in [1.82, 2.24) is 10.6 Å². The summed E-state index contributed by atoms with van der Waals surface area (Å²) in [4.78, 5) is 21.4. The highest BCUT2D eigenvalue weighted by Gasteiger charge is 2.42. The van der Waals surface area contributed by atoms with Gasteiger partial charge in [0.1, 0.15) is 0 Å². The molecule has 0 saturated carbocycles. The van der Waals surface area contributed by atoms with Crippen LogP contribution in [-0.4, -0.2) is 36.9 Å². The summed E-state index contributed by atoms with van der Waals surface area (Å²) in [6, 6.07) is -0.940. The molecule has 1 heterocycles. The summed E-state index contributed by atoms with van der Waals surface area (Å²) < 4.78 is 25.2. The van der Waals surface area contributed by atoms with Gasteiger partial charge in [0, 0.05) is 6.42 Å². The van der Waals surface area contributed by atoms with Crippen molar-refractivity contribution < 1.29 is 18.4 Å². The number of carbonyl (C=O) groups is 2. The molecule has 4 N–H and O–H groups in total. The fraction of sp³-hybridized carbons (Fsp3) is 0.714. The number of rotatable bonds is 3. The molecule has 1 fully saturated rings. The maximum atomic E-state index is 12.6. The minimum Gasteiger partial charge on any atom is -0.368 e. The van der Waals surface area contributed by atoms with E-state index in [-0.39, 0.29) is 6.54 Å². The van der Waals surface area contributed by atoms with Crippen molar-refractivity contribution in [2.24, 2.45) is 5.73 Å². The molecular weight excluding hydrogens is 196 g/mol. The monoisotopic (exact) mass is 207 g/mol. The molecule has 80 valence electrons. The van der Waals surface area contributed by atoms with E-state index in [1.54, 1.807) is 0 Å². The Labute approximate surface area is 79.0 Å². The number of nitrogens with two attached hydrogens (primary N) is 1. The van der Waals surface area contributed by atoms with Crippen molar-refractivity contribution >= 4 is 11.8 Å². The van der Waals surface area contributed by atoms with Crippen LogP contribution in [0.1, 0.15) is 6.42 Å². The van der Waals surface area contributed by atoms with Crippen molar-refractivity contribution in [1.29, 1.82) is 0 Å². The summed E-state index contributed by atoms with van der Waals surface area (Å²) >= 11 is 0. The summed E-state index contributed by atoms with van der Waals surface area (Å²) in [5.41, 5.74) is 4.77. The predicted octanol–water partition coefficient (Wildman–Crippen LogP) is -1.41. The number of primary amides is 1. The highest BCUT2D eigenvalue weighted by molar-refractivity contribution is 5.87. The van der Waals surface area contributed by atoms with Gasteiger partial charge in [-0.05, 0) is 0 Å². The van der Waals surface area contributed by atoms with Gasteiger partial charge in [-0.1, -0.05) is 0 Å². The van der Waals surface area contributed by atoms with Gasteiger partial charge in [-0.15, -0.1) is 0 Å². The second kappa shape index (κ2) is 3.87. The van der Waals surface area contributed by atoms with Crippen LogP contribution < -0.4 is 16.4 Å². The van der Waals surface area contributed by atoms with Crippen LogP contribution in [0.4, 0.5) is 8.78 Å². The molecule has 2 amide bonds. The normalized spacial score (nSPS) is 24.6. The largest absolute Gasteiger partial charge is 0.368 e. The lowest BCUT2D eigenvalue weighted by molar-refractivity contribution is -0.126. The summed E-state index contributed by atoms with van der Waals surface area (Å²) in [5.74, 6) is -4.18. The summed E-state index contributed by atoms with van der Waals surface area (Å²) in [5, 5.41) is 4.51. The first kappa shape index (κ1) is 10.8. The van der Waals surface area contributed by atoms with Crippen LogP contribution in [0.3, 0.4) is 0 Å². The predicted molar refractivity (Wildman–Crippen MR) is 43.6 cm³/mol. The molecule has 0 aliphatic carbocycles. The highest BCUT2D eigenvalue weighted by atomic mass is 19.3. The fourth-order valence-electron chi connectivity index (χ4n) is 1.20. The zero-order valence-electron chi connectivity index (χ0n) is 7.35. The van der Waals surface area contributed by atoms with E-state index in [4.69, 9.17) is 5.73 Å². The van der Waals surface area contributed by atoms with Crippen molar-refractivity contribution in [3.8, 4) is 0 Å². The van der Waals surface area contributed by atoms with E-state index >= 15 is 0 Å². The average Bonchev–Trinajstić information content (AvgIpc) is 2.41. The van der Waals surface area contributed by atoms with Gasteiger partial charge in [0.25, 0.3) is 5.92 Å². The molecule has 1 unspecified atom stereocenters. The molecule has 0 aromatic rings. The Balaban J connectivity index is 2.36. The molecule has 1 rings (SSSR count). The van der Waals surface area contributed by atoms with E-state index < -0.39 is 36.7 Å². The van der Waals surface area contributed by atoms with Crippen LogP contribution in [0, 0.1) is 0 Å². The van der Waals surface area contributed by atoms with E-state index in [9.17, 15) is 18.4 Å². The third kappa shape index (κ3) is 2.91. The quantitative estimate of drug-likeness (QED) is 0.531. The molecular formula is C7H11F2N3O2. The van der Waals surface area contributed by atoms with Crippen LogP contribution in [0.5, 0.6) is 0 Å². The second-order valence-corrected chi connectivity index (χ2v) is 3.18. The minimum absolute atomic E-state index is 0.331. The third-order valence-electron chi connectivity index (χ3n) is 1.86. The molecule has 0 radical (unpaired) electrons. The number of hydrogen-bond donors (Lipinski definition) is 3. The number of nitrogens with one attached hydrogen (secondary N) is 2. The van der Waals surface area contributed by atoms with Crippen LogP contribution in [-0.2, 0) is 9.59 Å². The third-order valence-corrected chi connectivity index (χ3v) is 1.86. The maximum absolute atomic E-state index is 12.6. The standard InChI is InChI=1S/C7H11F2N3O2/c8-7(9)1-4(12-3-7)6(14)11-2-5(10)13/h4,12H,1-3H2,(H2,10,13)(H,11,14). The van der Waals surface area contributed by atoms with Crippen molar-refractivity contribution in [3.05, 3.63) is 0 Å². The number of alkyl halides is 2. The van der Waals surface area contributed by atoms with Crippen LogP contribution in [0.2, 0.25) is 0 Å². The van der Waals surface area contributed by atoms with Crippen molar-refractivity contribution in [2.75, 3.05) is 13.1 Å². The summed E-state index contributed by atoms with van der Waals surface area (Å²) in [6.07, 6.45) is -0.544. The molecule has 0 bridgehead atoms. The van der Waals surface area contributed by atoms with Gasteiger partial charge in [0.2, 0.25) is 11.8 Å². The lowest BCUT2D eigenvalue weighted by atomic mass is 10.2. The Morgan fingerprint density at radius 1 is 1.57 bits per heavy atom. The van der Waals surface area contributed by atoms with Crippen molar-refractivity contribution in [2.45, 2.75) is 18.4 Å². The summed E-state index contributed by atoms with van der Waals surface area (Å²) in [6.45, 7) is -0.843. The molecule has 1 aliphatic rings. The Morgan fingerprint density at radius 3 is 2.64 bits per heavy atom. The minimum atomic E-state index is -2.85. The van der Waals surface area contributed by atoms with E-state index in [2.05, 4.69) is 10.6 Å². The Morgan fingerprint density at radius 2 is 2.21 bits per heavy atom. The van der Waals surface area contributed by atoms with Gasteiger partial charge in [0.15, 0.2) is 0 Å². The number of halogens is 2. The molecule has 1 saturated heterocycles. The maximum Gasteiger partial charge on any atom is 0.262 e. The van der Waals surface area contributed by atoms with Crippen molar-refractivity contribution in [3.63, 3.8) is 0 Å². The van der Waals surface area contributed by atoms with Gasteiger partial charge in [-0.2, -0.15) is 0 Å². The van der Waals surface area contributed by atoms with Crippen LogP contribution >= 0.6 is 0 Å². The molecule has 0 aromatic heterocycles. The number of amides is 2. The SMILES string of the molecule is NC(=O)CNC(=O)C1CC(F)(F)CN1. The first-order chi connectivity index (χ1) is 6.41. The first-order valence-corrected chi connectivity index (χ1v) is 4.08. The molecule has 14 heavy (non-hydrogen) atoms. The molecule has 7 heteroatoms. The highest BCUT2D eigenvalue weighted by Crippen LogP contribution is 2.24. The van der Waals surface area contributed by atoms with Crippen LogP contribution in [0.15, 0.2) is 0 Å². The van der Waals surface area contributed by atoms with E-state index in [0.717, 1.165) is 0 Å². The van der Waals surface area contributed by atoms with Gasteiger partial charge >= 0.3 is 0 Å². The molecule has 1 aliphatic heterocycles. The zero-order chi connectivity index (χ0) is 10.8. The molecule has 0 aromatic carbocycles. The Bertz CT molecular complexity index is 257. The molecule has 5 nitrogen and oxygen atoms in total. The van der Waals surface area contributed by atoms with Gasteiger partial charge < -0.3 is 11.1 Å². The van der Waals surface area contributed by atoms with Gasteiger partial charge in [-0.25, -0.2) is 8.78 Å². The Hall–Kier alpha value is -1.24. The lowest BCUT2D eigenvalue weighted by Crippen LogP contribution is -2.43. The van der Waals surface area contributed by atoms with E-state index in [0.29, 0.717) is 0 Å². The lowest BCUT2D eigenvalue weighted by Gasteiger charge is -2.09.